The lowest BCUT2D eigenvalue weighted by atomic mass is 9.96. The Morgan fingerprint density at radius 2 is 0.563 bits per heavy atom. The third-order valence-electron chi connectivity index (χ3n) is 12.7. The van der Waals surface area contributed by atoms with Gasteiger partial charge in [0, 0.05) is 0 Å². The maximum Gasteiger partial charge on any atom is 0.190 e. The molecular weight excluding hydrogens is 893 g/mol. The third-order valence-corrected chi connectivity index (χ3v) is 12.7. The van der Waals surface area contributed by atoms with Crippen LogP contribution in [0.3, 0.4) is 0 Å². The van der Waals surface area contributed by atoms with Gasteiger partial charge in [-0.3, -0.25) is 0 Å². The highest BCUT2D eigenvalue weighted by molar-refractivity contribution is 5.19. The summed E-state index contributed by atoms with van der Waals surface area (Å²) in [5.74, 6) is 0. The van der Waals surface area contributed by atoms with Crippen molar-refractivity contribution in [3.05, 3.63) is 251 Å². The maximum absolute atomic E-state index is 7.27. The van der Waals surface area contributed by atoms with E-state index in [1.165, 1.54) is 0 Å². The van der Waals surface area contributed by atoms with E-state index in [1.54, 1.807) is 0 Å². The Morgan fingerprint density at radius 3 is 0.915 bits per heavy atom. The first-order valence-corrected chi connectivity index (χ1v) is 24.6. The number of rotatable bonds is 24. The Hall–Kier alpha value is -5.86. The predicted octanol–water partition coefficient (Wildman–Crippen LogP) is 11.2. The topological polar surface area (TPSA) is 92.3 Å². The molecule has 2 fully saturated rings. The molecule has 0 unspecified atom stereocenters. The smallest absolute Gasteiger partial charge is 0.190 e. The van der Waals surface area contributed by atoms with Crippen LogP contribution in [0.4, 0.5) is 0 Å². The van der Waals surface area contributed by atoms with Gasteiger partial charge in [-0.1, -0.05) is 212 Å². The van der Waals surface area contributed by atoms with Crippen molar-refractivity contribution in [1.82, 2.24) is 0 Å². The summed E-state index contributed by atoms with van der Waals surface area (Å²) in [5.41, 5.74) is 7.03. The average Bonchev–Trinajstić information content (AvgIpc) is 3.42. The molecule has 2 aliphatic rings. The summed E-state index contributed by atoms with van der Waals surface area (Å²) < 4.78 is 69.6. The standard InChI is InChI=1S/C61H64O10/c1-45-54(63-38-47-25-11-3-12-26-47)56(65-40-49-29-15-5-16-30-49)58(67-42-51-33-19-7-20-34-51)60(69-45)71-61-59(68-43-52-35-21-8-22-36-52)57(66-41-50-31-17-6-18-32-50)55(64-39-48-27-13-4-14-28-48)53(70-61)44-62-37-46-23-9-2-10-24-46/h2-36,45,53-61H,37-44H2,1H3/t45-,53+,54-,55+,56+,57-,58+,59+,60+,61+/m0/s1. The van der Waals surface area contributed by atoms with Gasteiger partial charge < -0.3 is 47.4 Å². The van der Waals surface area contributed by atoms with Gasteiger partial charge in [-0.15, -0.1) is 0 Å². The highest BCUT2D eigenvalue weighted by Gasteiger charge is 2.53. The van der Waals surface area contributed by atoms with Crippen LogP contribution in [-0.4, -0.2) is 68.0 Å². The van der Waals surface area contributed by atoms with E-state index in [-0.39, 0.29) is 26.4 Å². The van der Waals surface area contributed by atoms with Crippen LogP contribution in [0.2, 0.25) is 0 Å². The minimum Gasteiger partial charge on any atom is -0.374 e. The lowest BCUT2D eigenvalue weighted by molar-refractivity contribution is -0.391. The van der Waals surface area contributed by atoms with Gasteiger partial charge in [0.2, 0.25) is 0 Å². The lowest BCUT2D eigenvalue weighted by Crippen LogP contribution is -2.65. The maximum atomic E-state index is 7.27. The molecule has 10 nitrogen and oxygen atoms in total. The second kappa shape index (κ2) is 26.5. The number of benzene rings is 7. The van der Waals surface area contributed by atoms with Crippen molar-refractivity contribution in [2.75, 3.05) is 6.61 Å². The molecule has 368 valence electrons. The first-order valence-electron chi connectivity index (χ1n) is 24.6. The van der Waals surface area contributed by atoms with Gasteiger partial charge in [-0.05, 0) is 45.9 Å². The zero-order valence-corrected chi connectivity index (χ0v) is 40.2. The Labute approximate surface area is 418 Å². The Balaban J connectivity index is 1.08. The first kappa shape index (κ1) is 50.1. The quantitative estimate of drug-likeness (QED) is 0.0583. The van der Waals surface area contributed by atoms with Gasteiger partial charge in [0.25, 0.3) is 0 Å². The molecule has 10 atom stereocenters. The molecule has 0 radical (unpaired) electrons. The van der Waals surface area contributed by atoms with E-state index in [1.807, 2.05) is 219 Å². The molecule has 0 aromatic heterocycles. The molecule has 0 amide bonds. The van der Waals surface area contributed by atoms with Crippen LogP contribution in [0.25, 0.3) is 0 Å². The average molecular weight is 957 g/mol. The van der Waals surface area contributed by atoms with Crippen LogP contribution in [0.1, 0.15) is 45.9 Å². The van der Waals surface area contributed by atoms with E-state index in [4.69, 9.17) is 47.4 Å². The summed E-state index contributed by atoms with van der Waals surface area (Å²) >= 11 is 0. The molecular formula is C61H64O10. The normalized spacial score (nSPS) is 24.4. The molecule has 0 saturated carbocycles. The van der Waals surface area contributed by atoms with Crippen molar-refractivity contribution in [1.29, 1.82) is 0 Å². The Morgan fingerprint density at radius 1 is 0.296 bits per heavy atom. The van der Waals surface area contributed by atoms with Crippen LogP contribution in [0.15, 0.2) is 212 Å². The summed E-state index contributed by atoms with van der Waals surface area (Å²) in [6.45, 7) is 4.25. The molecule has 2 heterocycles. The second-order valence-electron chi connectivity index (χ2n) is 18.0. The molecule has 9 rings (SSSR count). The number of hydrogen-bond donors (Lipinski definition) is 0. The van der Waals surface area contributed by atoms with Gasteiger partial charge in [0.1, 0.15) is 42.7 Å². The largest absolute Gasteiger partial charge is 0.374 e. The second-order valence-corrected chi connectivity index (χ2v) is 18.0. The SMILES string of the molecule is C[C@@H]1O[C@H](O[C@H]2O[C@H](COCc3ccccc3)[C@@H](OCc3ccccc3)[C@H](OCc3ccccc3)[C@H]2OCc2ccccc2)[C@H](OCc2ccccc2)[C@H](OCc2ccccc2)[C@H]1OCc1ccccc1. The van der Waals surface area contributed by atoms with Crippen LogP contribution in [0.5, 0.6) is 0 Å². The molecule has 7 aromatic rings. The van der Waals surface area contributed by atoms with E-state index in [0.717, 1.165) is 38.9 Å². The number of ether oxygens (including phenoxy) is 10. The van der Waals surface area contributed by atoms with Crippen LogP contribution in [0, 0.1) is 0 Å². The zero-order valence-electron chi connectivity index (χ0n) is 40.2. The fourth-order valence-corrected chi connectivity index (χ4v) is 8.97. The predicted molar refractivity (Wildman–Crippen MR) is 270 cm³/mol. The zero-order chi connectivity index (χ0) is 48.3. The van der Waals surface area contributed by atoms with Crippen molar-refractivity contribution in [2.45, 2.75) is 115 Å². The van der Waals surface area contributed by atoms with Crippen molar-refractivity contribution >= 4 is 0 Å². The molecule has 0 bridgehead atoms. The van der Waals surface area contributed by atoms with Crippen molar-refractivity contribution < 1.29 is 47.4 Å². The van der Waals surface area contributed by atoms with Gasteiger partial charge >= 0.3 is 0 Å². The summed E-state index contributed by atoms with van der Waals surface area (Å²) in [7, 11) is 0. The molecule has 7 aromatic carbocycles. The van der Waals surface area contributed by atoms with E-state index >= 15 is 0 Å². The monoisotopic (exact) mass is 956 g/mol. The summed E-state index contributed by atoms with van der Waals surface area (Å²) in [4.78, 5) is 0. The highest BCUT2D eigenvalue weighted by Crippen LogP contribution is 2.37. The molecule has 2 saturated heterocycles. The molecule has 0 spiro atoms. The fraction of sp³-hybridized carbons (Fsp3) is 0.311. The van der Waals surface area contributed by atoms with E-state index in [0.29, 0.717) is 26.4 Å². The minimum absolute atomic E-state index is 0.166. The molecule has 10 heteroatoms. The third kappa shape index (κ3) is 14.6. The van der Waals surface area contributed by atoms with E-state index < -0.39 is 61.4 Å². The number of hydrogen-bond acceptors (Lipinski definition) is 10. The van der Waals surface area contributed by atoms with Crippen molar-refractivity contribution in [3.8, 4) is 0 Å². The van der Waals surface area contributed by atoms with Crippen LogP contribution in [-0.2, 0) is 93.6 Å². The molecule has 71 heavy (non-hydrogen) atoms. The van der Waals surface area contributed by atoms with Crippen LogP contribution >= 0.6 is 0 Å². The summed E-state index contributed by atoms with van der Waals surface area (Å²) in [6.07, 6.45) is -7.51. The van der Waals surface area contributed by atoms with Crippen molar-refractivity contribution in [2.24, 2.45) is 0 Å². The lowest BCUT2D eigenvalue weighted by Gasteiger charge is -2.49. The van der Waals surface area contributed by atoms with E-state index in [9.17, 15) is 0 Å². The van der Waals surface area contributed by atoms with Gasteiger partial charge in [-0.2, -0.15) is 0 Å². The Kier molecular flexibility index (Phi) is 18.7. The minimum atomic E-state index is -1.07. The van der Waals surface area contributed by atoms with E-state index in [2.05, 4.69) is 0 Å². The molecule has 2 aliphatic heterocycles. The van der Waals surface area contributed by atoms with Crippen LogP contribution < -0.4 is 0 Å². The molecule has 0 aliphatic carbocycles. The Bertz CT molecular complexity index is 2530. The van der Waals surface area contributed by atoms with Gasteiger partial charge in [0.05, 0.1) is 59.0 Å². The summed E-state index contributed by atoms with van der Waals surface area (Å²) in [5, 5.41) is 0. The van der Waals surface area contributed by atoms with Gasteiger partial charge in [0.15, 0.2) is 12.6 Å². The fourth-order valence-electron chi connectivity index (χ4n) is 8.97. The van der Waals surface area contributed by atoms with Crippen molar-refractivity contribution in [3.63, 3.8) is 0 Å². The summed E-state index contributed by atoms with van der Waals surface area (Å²) in [6, 6.07) is 70.6. The molecule has 0 N–H and O–H groups in total. The highest BCUT2D eigenvalue weighted by atomic mass is 16.8. The first-order chi connectivity index (χ1) is 35.1. The van der Waals surface area contributed by atoms with Gasteiger partial charge in [-0.25, -0.2) is 0 Å².